The Labute approximate surface area is 154 Å². The highest BCUT2D eigenvalue weighted by atomic mass is 35.5. The maximum Gasteiger partial charge on any atom is 0.244 e. The number of amides is 2. The first-order valence-corrected chi connectivity index (χ1v) is 7.81. The maximum absolute atomic E-state index is 12.3. The fourth-order valence-corrected chi connectivity index (χ4v) is 2.45. The van der Waals surface area contributed by atoms with E-state index in [0.717, 1.165) is 16.8 Å². The van der Waals surface area contributed by atoms with E-state index in [1.165, 1.54) is 0 Å². The Morgan fingerprint density at radius 3 is 2.12 bits per heavy atom. The zero-order valence-corrected chi connectivity index (χ0v) is 15.4. The van der Waals surface area contributed by atoms with Crippen LogP contribution in [-0.2, 0) is 15.1 Å². The zero-order valence-electron chi connectivity index (χ0n) is 14.6. The van der Waals surface area contributed by atoms with Crippen LogP contribution in [0.25, 0.3) is 0 Å². The Morgan fingerprint density at radius 2 is 1.56 bits per heavy atom. The van der Waals surface area contributed by atoms with Gasteiger partial charge in [0.15, 0.2) is 0 Å². The molecule has 4 N–H and O–H groups in total. The molecule has 0 aliphatic rings. The summed E-state index contributed by atoms with van der Waals surface area (Å²) in [5, 5.41) is 5.43. The summed E-state index contributed by atoms with van der Waals surface area (Å²) in [6, 6.07) is 14.9. The summed E-state index contributed by atoms with van der Waals surface area (Å²) in [5.41, 5.74) is 8.35. The van der Waals surface area contributed by atoms with E-state index < -0.39 is 11.4 Å². The van der Waals surface area contributed by atoms with Gasteiger partial charge in [-0.25, -0.2) is 0 Å². The molecule has 134 valence electrons. The molecule has 0 saturated carbocycles. The average Bonchev–Trinajstić information content (AvgIpc) is 2.57. The molecule has 1 unspecified atom stereocenters. The van der Waals surface area contributed by atoms with Crippen LogP contribution in [-0.4, -0.2) is 18.4 Å². The molecule has 0 radical (unpaired) electrons. The lowest BCUT2D eigenvalue weighted by molar-refractivity contribution is -0.128. The molecule has 2 rings (SSSR count). The van der Waals surface area contributed by atoms with Gasteiger partial charge in [-0.2, -0.15) is 0 Å². The number of hydrogen-bond acceptors (Lipinski definition) is 3. The maximum atomic E-state index is 12.3. The molecule has 0 bridgehead atoms. The van der Waals surface area contributed by atoms with Gasteiger partial charge >= 0.3 is 0 Å². The molecule has 0 spiro atoms. The van der Waals surface area contributed by atoms with E-state index in [9.17, 15) is 9.59 Å². The van der Waals surface area contributed by atoms with Gasteiger partial charge in [0.05, 0.1) is 6.54 Å². The zero-order chi connectivity index (χ0) is 17.7. The van der Waals surface area contributed by atoms with Crippen LogP contribution in [0.1, 0.15) is 23.6 Å². The largest absolute Gasteiger partial charge is 0.345 e. The van der Waals surface area contributed by atoms with E-state index in [4.69, 9.17) is 5.73 Å². The van der Waals surface area contributed by atoms with Gasteiger partial charge in [0, 0.05) is 5.69 Å². The van der Waals surface area contributed by atoms with Crippen molar-refractivity contribution >= 4 is 29.9 Å². The van der Waals surface area contributed by atoms with Gasteiger partial charge in [0.25, 0.3) is 0 Å². The molecule has 0 aliphatic carbocycles. The van der Waals surface area contributed by atoms with E-state index in [-0.39, 0.29) is 24.9 Å². The number of nitrogens with two attached hydrogens (primary N) is 1. The molecule has 0 heterocycles. The fourth-order valence-electron chi connectivity index (χ4n) is 2.45. The van der Waals surface area contributed by atoms with Crippen LogP contribution >= 0.6 is 12.4 Å². The van der Waals surface area contributed by atoms with Crippen molar-refractivity contribution in [3.63, 3.8) is 0 Å². The third kappa shape index (κ3) is 5.05. The van der Waals surface area contributed by atoms with Crippen molar-refractivity contribution in [2.24, 2.45) is 5.73 Å². The molecule has 5 nitrogen and oxygen atoms in total. The summed E-state index contributed by atoms with van der Waals surface area (Å²) in [6.07, 6.45) is 0. The first kappa shape index (κ1) is 20.7. The fraction of sp³-hybridized carbons (Fsp3) is 0.263. The third-order valence-electron chi connectivity index (χ3n) is 4.00. The number of carbonyl (C=O) groups is 2. The van der Waals surface area contributed by atoms with E-state index in [1.54, 1.807) is 19.1 Å². The molecule has 2 aromatic rings. The number of nitrogens with one attached hydrogen (secondary N) is 2. The number of para-hydroxylation sites is 1. The molecule has 0 saturated heterocycles. The number of aryl methyl sites for hydroxylation is 2. The predicted molar refractivity (Wildman–Crippen MR) is 103 cm³/mol. The standard InChI is InChI=1S/C19H23N3O2.ClH/c1-13-8-7-9-14(2)17(13)22-16(23)12-21-18(24)19(3,20)15-10-5-4-6-11-15;/h4-11H,12,20H2,1-3H3,(H,21,24)(H,22,23);1H. The smallest absolute Gasteiger partial charge is 0.244 e. The van der Waals surface area contributed by atoms with Gasteiger partial charge in [-0.05, 0) is 37.5 Å². The van der Waals surface area contributed by atoms with Crippen molar-refractivity contribution in [2.75, 3.05) is 11.9 Å². The summed E-state index contributed by atoms with van der Waals surface area (Å²) in [6.45, 7) is 5.34. The minimum atomic E-state index is -1.19. The minimum Gasteiger partial charge on any atom is -0.345 e. The molecular weight excluding hydrogens is 338 g/mol. The second-order valence-electron chi connectivity index (χ2n) is 6.07. The van der Waals surface area contributed by atoms with E-state index in [0.29, 0.717) is 5.56 Å². The number of anilines is 1. The van der Waals surface area contributed by atoms with Gasteiger partial charge < -0.3 is 16.4 Å². The van der Waals surface area contributed by atoms with Crippen molar-refractivity contribution in [1.82, 2.24) is 5.32 Å². The molecule has 1 atom stereocenters. The Hall–Kier alpha value is -2.37. The van der Waals surface area contributed by atoms with E-state index >= 15 is 0 Å². The lowest BCUT2D eigenvalue weighted by Crippen LogP contribution is -2.50. The molecule has 6 heteroatoms. The molecule has 2 amide bonds. The van der Waals surface area contributed by atoms with Gasteiger partial charge in [0.2, 0.25) is 11.8 Å². The summed E-state index contributed by atoms with van der Waals surface area (Å²) < 4.78 is 0. The Morgan fingerprint density at radius 1 is 1.00 bits per heavy atom. The van der Waals surface area contributed by atoms with Crippen LogP contribution in [0.3, 0.4) is 0 Å². The van der Waals surface area contributed by atoms with Crippen LogP contribution in [0.5, 0.6) is 0 Å². The van der Waals surface area contributed by atoms with Crippen LogP contribution in [0.2, 0.25) is 0 Å². The van der Waals surface area contributed by atoms with Gasteiger partial charge in [0.1, 0.15) is 5.54 Å². The van der Waals surface area contributed by atoms with Crippen LogP contribution in [0, 0.1) is 13.8 Å². The highest BCUT2D eigenvalue weighted by molar-refractivity contribution is 5.97. The second-order valence-corrected chi connectivity index (χ2v) is 6.07. The first-order chi connectivity index (χ1) is 11.3. The molecule has 2 aromatic carbocycles. The number of rotatable bonds is 5. The lowest BCUT2D eigenvalue weighted by atomic mass is 9.92. The summed E-state index contributed by atoms with van der Waals surface area (Å²) in [7, 11) is 0. The average molecular weight is 362 g/mol. The topological polar surface area (TPSA) is 84.2 Å². The minimum absolute atomic E-state index is 0. The number of halogens is 1. The highest BCUT2D eigenvalue weighted by Crippen LogP contribution is 2.19. The SMILES string of the molecule is Cc1cccc(C)c1NC(=O)CNC(=O)C(C)(N)c1ccccc1.Cl. The van der Waals surface area contributed by atoms with Crippen LogP contribution in [0.4, 0.5) is 5.69 Å². The van der Waals surface area contributed by atoms with Crippen molar-refractivity contribution in [1.29, 1.82) is 0 Å². The summed E-state index contributed by atoms with van der Waals surface area (Å²) in [5.74, 6) is -0.685. The molecule has 25 heavy (non-hydrogen) atoms. The van der Waals surface area contributed by atoms with E-state index in [2.05, 4.69) is 10.6 Å². The Kier molecular flexibility index (Phi) is 7.15. The normalized spacial score (nSPS) is 12.5. The van der Waals surface area contributed by atoms with Crippen molar-refractivity contribution < 1.29 is 9.59 Å². The highest BCUT2D eigenvalue weighted by Gasteiger charge is 2.30. The summed E-state index contributed by atoms with van der Waals surface area (Å²) >= 11 is 0. The molecule has 0 aliphatic heterocycles. The van der Waals surface area contributed by atoms with Crippen molar-refractivity contribution in [3.8, 4) is 0 Å². The van der Waals surface area contributed by atoms with Gasteiger partial charge in [-0.3, -0.25) is 9.59 Å². The Bertz CT molecular complexity index is 725. The monoisotopic (exact) mass is 361 g/mol. The molecular formula is C19H24ClN3O2. The quantitative estimate of drug-likeness (QED) is 0.765. The van der Waals surface area contributed by atoms with Crippen molar-refractivity contribution in [3.05, 3.63) is 65.2 Å². The third-order valence-corrected chi connectivity index (χ3v) is 4.00. The second kappa shape index (κ2) is 8.65. The molecule has 0 fully saturated rings. The van der Waals surface area contributed by atoms with Crippen LogP contribution < -0.4 is 16.4 Å². The number of benzene rings is 2. The lowest BCUT2D eigenvalue weighted by Gasteiger charge is -2.24. The molecule has 0 aromatic heterocycles. The van der Waals surface area contributed by atoms with Gasteiger partial charge in [-0.1, -0.05) is 48.5 Å². The van der Waals surface area contributed by atoms with Crippen LogP contribution in [0.15, 0.2) is 48.5 Å². The first-order valence-electron chi connectivity index (χ1n) is 7.81. The van der Waals surface area contributed by atoms with Gasteiger partial charge in [-0.15, -0.1) is 12.4 Å². The number of hydrogen-bond donors (Lipinski definition) is 3. The Balaban J connectivity index is 0.00000312. The van der Waals surface area contributed by atoms with Crippen molar-refractivity contribution in [2.45, 2.75) is 26.3 Å². The number of carbonyl (C=O) groups excluding carboxylic acids is 2. The van der Waals surface area contributed by atoms with E-state index in [1.807, 2.05) is 50.2 Å². The summed E-state index contributed by atoms with van der Waals surface area (Å²) in [4.78, 5) is 24.5. The predicted octanol–water partition coefficient (Wildman–Crippen LogP) is 2.65.